The van der Waals surface area contributed by atoms with Crippen molar-refractivity contribution in [2.75, 3.05) is 11.9 Å². The Balaban J connectivity index is 1.91. The minimum absolute atomic E-state index is 0.0575. The average molecular weight is 298 g/mol. The molecule has 2 aromatic carbocycles. The van der Waals surface area contributed by atoms with Crippen molar-refractivity contribution in [3.05, 3.63) is 66.2 Å². The van der Waals surface area contributed by atoms with E-state index in [0.29, 0.717) is 11.3 Å². The maximum atomic E-state index is 11.8. The van der Waals surface area contributed by atoms with Crippen LogP contribution in [-0.2, 0) is 15.2 Å². The van der Waals surface area contributed by atoms with Crippen molar-refractivity contribution in [2.24, 2.45) is 0 Å². The highest BCUT2D eigenvalue weighted by Gasteiger charge is 2.25. The first-order valence-corrected chi connectivity index (χ1v) is 6.91. The van der Waals surface area contributed by atoms with Gasteiger partial charge in [0.05, 0.1) is 6.54 Å². The van der Waals surface area contributed by atoms with Gasteiger partial charge in [0.2, 0.25) is 0 Å². The van der Waals surface area contributed by atoms with Gasteiger partial charge in [-0.15, -0.1) is 0 Å². The molecule has 0 saturated heterocycles. The van der Waals surface area contributed by atoms with Crippen molar-refractivity contribution in [3.8, 4) is 0 Å². The number of benzene rings is 2. The third-order valence-electron chi connectivity index (χ3n) is 3.23. The molecule has 0 aliphatic rings. The lowest BCUT2D eigenvalue weighted by Gasteiger charge is -2.24. The summed E-state index contributed by atoms with van der Waals surface area (Å²) in [4.78, 5) is 23.6. The third-order valence-corrected chi connectivity index (χ3v) is 3.23. The molecule has 0 spiro atoms. The molecule has 0 heterocycles. The molecule has 0 aromatic heterocycles. The van der Waals surface area contributed by atoms with Crippen molar-refractivity contribution in [3.63, 3.8) is 0 Å². The summed E-state index contributed by atoms with van der Waals surface area (Å²) in [6.45, 7) is 1.52. The van der Waals surface area contributed by atoms with E-state index in [2.05, 4.69) is 10.6 Å². The maximum Gasteiger partial charge on any atom is 0.313 e. The van der Waals surface area contributed by atoms with Gasteiger partial charge in [-0.1, -0.05) is 48.5 Å². The van der Waals surface area contributed by atoms with Gasteiger partial charge in [-0.25, -0.2) is 0 Å². The predicted octanol–water partition coefficient (Wildman–Crippen LogP) is 1.65. The summed E-state index contributed by atoms with van der Waals surface area (Å²) in [6.07, 6.45) is 0. The highest BCUT2D eigenvalue weighted by molar-refractivity contribution is 6.39. The van der Waals surface area contributed by atoms with E-state index in [4.69, 9.17) is 0 Å². The smallest absolute Gasteiger partial charge is 0.313 e. The summed E-state index contributed by atoms with van der Waals surface area (Å²) in [6, 6.07) is 17.7. The molecule has 2 amide bonds. The second-order valence-corrected chi connectivity index (χ2v) is 5.14. The molecule has 0 aliphatic heterocycles. The van der Waals surface area contributed by atoms with Gasteiger partial charge in [-0.2, -0.15) is 0 Å². The largest absolute Gasteiger partial charge is 0.384 e. The van der Waals surface area contributed by atoms with E-state index < -0.39 is 17.4 Å². The Labute approximate surface area is 129 Å². The van der Waals surface area contributed by atoms with Gasteiger partial charge in [0.15, 0.2) is 0 Å². The number of aliphatic hydroxyl groups is 1. The van der Waals surface area contributed by atoms with Crippen LogP contribution in [0.15, 0.2) is 60.7 Å². The summed E-state index contributed by atoms with van der Waals surface area (Å²) in [5, 5.41) is 15.3. The van der Waals surface area contributed by atoms with E-state index >= 15 is 0 Å². The summed E-state index contributed by atoms with van der Waals surface area (Å²) in [5.41, 5.74) is -0.0412. The molecule has 114 valence electrons. The van der Waals surface area contributed by atoms with Gasteiger partial charge in [0.1, 0.15) is 5.60 Å². The van der Waals surface area contributed by atoms with Crippen LogP contribution in [0, 0.1) is 0 Å². The van der Waals surface area contributed by atoms with Gasteiger partial charge in [0.25, 0.3) is 0 Å². The Hall–Kier alpha value is -2.66. The fraction of sp³-hybridized carbons (Fsp3) is 0.176. The Morgan fingerprint density at radius 1 is 0.955 bits per heavy atom. The van der Waals surface area contributed by atoms with Crippen molar-refractivity contribution in [1.82, 2.24) is 5.32 Å². The van der Waals surface area contributed by atoms with Crippen LogP contribution < -0.4 is 10.6 Å². The minimum atomic E-state index is -1.25. The van der Waals surface area contributed by atoms with Crippen LogP contribution in [0.2, 0.25) is 0 Å². The van der Waals surface area contributed by atoms with Gasteiger partial charge >= 0.3 is 11.8 Å². The molecule has 2 aromatic rings. The van der Waals surface area contributed by atoms with Crippen molar-refractivity contribution >= 4 is 17.5 Å². The number of amides is 2. The van der Waals surface area contributed by atoms with Gasteiger partial charge < -0.3 is 15.7 Å². The lowest BCUT2D eigenvalue weighted by Crippen LogP contribution is -2.43. The molecule has 0 bridgehead atoms. The number of carbonyl (C=O) groups excluding carboxylic acids is 2. The Kier molecular flexibility index (Phi) is 4.91. The zero-order valence-corrected chi connectivity index (χ0v) is 12.2. The number of para-hydroxylation sites is 1. The van der Waals surface area contributed by atoms with Gasteiger partial charge in [-0.05, 0) is 24.6 Å². The number of carbonyl (C=O) groups is 2. The molecular formula is C17H18N2O3. The highest BCUT2D eigenvalue weighted by atomic mass is 16.3. The van der Waals surface area contributed by atoms with E-state index in [1.165, 1.54) is 0 Å². The van der Waals surface area contributed by atoms with Crippen molar-refractivity contribution < 1.29 is 14.7 Å². The van der Waals surface area contributed by atoms with Crippen LogP contribution in [-0.4, -0.2) is 23.5 Å². The van der Waals surface area contributed by atoms with Crippen LogP contribution in [0.5, 0.6) is 0 Å². The first kappa shape index (κ1) is 15.7. The van der Waals surface area contributed by atoms with E-state index in [1.54, 1.807) is 55.5 Å². The Bertz CT molecular complexity index is 639. The molecule has 22 heavy (non-hydrogen) atoms. The highest BCUT2D eigenvalue weighted by Crippen LogP contribution is 2.18. The van der Waals surface area contributed by atoms with Crippen LogP contribution >= 0.6 is 0 Å². The number of rotatable bonds is 4. The van der Waals surface area contributed by atoms with E-state index in [-0.39, 0.29) is 6.54 Å². The molecule has 5 nitrogen and oxygen atoms in total. The molecule has 1 atom stereocenters. The van der Waals surface area contributed by atoms with E-state index in [0.717, 1.165) is 0 Å². The second kappa shape index (κ2) is 6.87. The molecule has 2 rings (SSSR count). The molecule has 5 heteroatoms. The summed E-state index contributed by atoms with van der Waals surface area (Å²) in [7, 11) is 0. The number of hydrogen-bond acceptors (Lipinski definition) is 3. The quantitative estimate of drug-likeness (QED) is 0.751. The predicted molar refractivity (Wildman–Crippen MR) is 84.1 cm³/mol. The molecule has 0 aliphatic carbocycles. The molecular weight excluding hydrogens is 280 g/mol. The Morgan fingerprint density at radius 3 is 2.09 bits per heavy atom. The van der Waals surface area contributed by atoms with Gasteiger partial charge in [0, 0.05) is 5.69 Å². The van der Waals surface area contributed by atoms with Crippen molar-refractivity contribution in [1.29, 1.82) is 0 Å². The lowest BCUT2D eigenvalue weighted by molar-refractivity contribution is -0.136. The molecule has 3 N–H and O–H groups in total. The van der Waals surface area contributed by atoms with Crippen LogP contribution in [0.1, 0.15) is 12.5 Å². The van der Waals surface area contributed by atoms with Gasteiger partial charge in [-0.3, -0.25) is 9.59 Å². The normalized spacial score (nSPS) is 13.0. The molecule has 0 radical (unpaired) electrons. The van der Waals surface area contributed by atoms with Crippen LogP contribution in [0.4, 0.5) is 5.69 Å². The lowest BCUT2D eigenvalue weighted by atomic mass is 9.96. The second-order valence-electron chi connectivity index (χ2n) is 5.14. The topological polar surface area (TPSA) is 78.4 Å². The first-order valence-electron chi connectivity index (χ1n) is 6.91. The average Bonchev–Trinajstić information content (AvgIpc) is 2.54. The monoisotopic (exact) mass is 298 g/mol. The first-order chi connectivity index (χ1) is 10.5. The molecule has 1 unspecified atom stereocenters. The molecule has 0 saturated carbocycles. The fourth-order valence-corrected chi connectivity index (χ4v) is 1.94. The standard InChI is InChI=1S/C17H18N2O3/c1-17(22,13-8-4-2-5-9-13)12-18-15(20)16(21)19-14-10-6-3-7-11-14/h2-11,22H,12H2,1H3,(H,18,20)(H,19,21). The van der Waals surface area contributed by atoms with E-state index in [9.17, 15) is 14.7 Å². The number of nitrogens with one attached hydrogen (secondary N) is 2. The fourth-order valence-electron chi connectivity index (χ4n) is 1.94. The van der Waals surface area contributed by atoms with E-state index in [1.807, 2.05) is 12.1 Å². The summed E-state index contributed by atoms with van der Waals surface area (Å²) >= 11 is 0. The zero-order chi connectivity index (χ0) is 16.0. The van der Waals surface area contributed by atoms with Crippen molar-refractivity contribution in [2.45, 2.75) is 12.5 Å². The zero-order valence-electron chi connectivity index (χ0n) is 12.2. The molecule has 0 fully saturated rings. The summed E-state index contributed by atoms with van der Waals surface area (Å²) < 4.78 is 0. The SMILES string of the molecule is CC(O)(CNC(=O)C(=O)Nc1ccccc1)c1ccccc1. The van der Waals surface area contributed by atoms with Crippen LogP contribution in [0.25, 0.3) is 0 Å². The van der Waals surface area contributed by atoms with Crippen LogP contribution in [0.3, 0.4) is 0 Å². The third kappa shape index (κ3) is 4.17. The number of anilines is 1. The summed E-state index contributed by atoms with van der Waals surface area (Å²) in [5.74, 6) is -1.56. The Morgan fingerprint density at radius 2 is 1.50 bits per heavy atom. The minimum Gasteiger partial charge on any atom is -0.384 e. The maximum absolute atomic E-state index is 11.8. The number of hydrogen-bond donors (Lipinski definition) is 3.